The molecule has 10 heteroatoms. The number of hydrogen-bond donors (Lipinski definition) is 2. The summed E-state index contributed by atoms with van der Waals surface area (Å²) in [5.41, 5.74) is 0.698. The number of ether oxygens (including phenoxy) is 2. The average Bonchev–Trinajstić information content (AvgIpc) is 2.74. The van der Waals surface area contributed by atoms with Gasteiger partial charge in [-0.2, -0.15) is 0 Å². The van der Waals surface area contributed by atoms with E-state index in [0.717, 1.165) is 0 Å². The molecule has 0 fully saturated rings. The first-order chi connectivity index (χ1) is 14.7. The molecule has 0 aliphatic heterocycles. The van der Waals surface area contributed by atoms with Gasteiger partial charge in [0.25, 0.3) is 15.9 Å². The highest BCUT2D eigenvalue weighted by molar-refractivity contribution is 7.92. The van der Waals surface area contributed by atoms with Crippen molar-refractivity contribution in [2.24, 2.45) is 0 Å². The van der Waals surface area contributed by atoms with Gasteiger partial charge in [-0.15, -0.1) is 0 Å². The zero-order chi connectivity index (χ0) is 22.6. The monoisotopic (exact) mass is 480 g/mol. The third-order valence-electron chi connectivity index (χ3n) is 4.25. The molecule has 1 amide bonds. The molecule has 7 nitrogen and oxygen atoms in total. The molecule has 0 radical (unpaired) electrons. The maximum atomic E-state index is 12.8. The standard InChI is InChI=1S/C21H18Cl2N2O5S/c1-29-15-6-4-14(5-7-15)25-31(27,28)16-8-10-20(30-2)19(12-16)24-21(26)17-9-3-13(22)11-18(17)23/h3-12,25H,1-2H3,(H,24,26). The van der Waals surface area contributed by atoms with E-state index in [1.807, 2.05) is 0 Å². The number of rotatable bonds is 7. The Labute approximate surface area is 189 Å². The summed E-state index contributed by atoms with van der Waals surface area (Å²) in [6.45, 7) is 0. The van der Waals surface area contributed by atoms with Crippen LogP contribution in [-0.4, -0.2) is 28.5 Å². The molecule has 0 aromatic heterocycles. The molecule has 0 atom stereocenters. The van der Waals surface area contributed by atoms with Crippen molar-refractivity contribution in [3.05, 3.63) is 76.3 Å². The number of amides is 1. The summed E-state index contributed by atoms with van der Waals surface area (Å²) in [4.78, 5) is 12.6. The van der Waals surface area contributed by atoms with Crippen molar-refractivity contribution in [2.75, 3.05) is 24.3 Å². The lowest BCUT2D eigenvalue weighted by Gasteiger charge is -2.14. The molecule has 0 aliphatic carbocycles. The molecule has 162 valence electrons. The molecular weight excluding hydrogens is 463 g/mol. The van der Waals surface area contributed by atoms with Gasteiger partial charge in [-0.3, -0.25) is 9.52 Å². The molecule has 0 bridgehead atoms. The number of carbonyl (C=O) groups excluding carboxylic acids is 1. The molecular formula is C21H18Cl2N2O5S. The van der Waals surface area contributed by atoms with Crippen molar-refractivity contribution in [1.29, 1.82) is 0 Å². The molecule has 0 saturated carbocycles. The number of hydrogen-bond acceptors (Lipinski definition) is 5. The average molecular weight is 481 g/mol. The largest absolute Gasteiger partial charge is 0.497 e. The SMILES string of the molecule is COc1ccc(NS(=O)(=O)c2ccc(OC)c(NC(=O)c3ccc(Cl)cc3Cl)c2)cc1. The topological polar surface area (TPSA) is 93.7 Å². The molecule has 3 aromatic rings. The molecule has 0 aliphatic rings. The summed E-state index contributed by atoms with van der Waals surface area (Å²) < 4.78 is 38.4. The minimum atomic E-state index is -3.94. The van der Waals surface area contributed by atoms with Gasteiger partial charge in [-0.05, 0) is 60.7 Å². The minimum absolute atomic E-state index is 0.0679. The van der Waals surface area contributed by atoms with Crippen LogP contribution in [0.3, 0.4) is 0 Å². The first-order valence-electron chi connectivity index (χ1n) is 8.85. The highest BCUT2D eigenvalue weighted by Crippen LogP contribution is 2.30. The first-order valence-corrected chi connectivity index (χ1v) is 11.1. The lowest BCUT2D eigenvalue weighted by atomic mass is 10.2. The van der Waals surface area contributed by atoms with Crippen LogP contribution in [0.2, 0.25) is 10.0 Å². The van der Waals surface area contributed by atoms with Crippen LogP contribution in [0.4, 0.5) is 11.4 Å². The minimum Gasteiger partial charge on any atom is -0.497 e. The summed E-state index contributed by atoms with van der Waals surface area (Å²) in [6.07, 6.45) is 0. The predicted octanol–water partition coefficient (Wildman–Crippen LogP) is 5.06. The van der Waals surface area contributed by atoms with Crippen LogP contribution in [0, 0.1) is 0 Å². The van der Waals surface area contributed by atoms with Gasteiger partial charge < -0.3 is 14.8 Å². The third-order valence-corrected chi connectivity index (χ3v) is 6.17. The van der Waals surface area contributed by atoms with E-state index in [9.17, 15) is 13.2 Å². The van der Waals surface area contributed by atoms with Crippen molar-refractivity contribution in [3.63, 3.8) is 0 Å². The van der Waals surface area contributed by atoms with Crippen LogP contribution in [0.5, 0.6) is 11.5 Å². The Bertz CT molecular complexity index is 1210. The Morgan fingerprint density at radius 2 is 1.61 bits per heavy atom. The van der Waals surface area contributed by atoms with E-state index < -0.39 is 15.9 Å². The van der Waals surface area contributed by atoms with Crippen LogP contribution >= 0.6 is 23.2 Å². The smallest absolute Gasteiger partial charge is 0.261 e. The zero-order valence-corrected chi connectivity index (χ0v) is 18.8. The van der Waals surface area contributed by atoms with Gasteiger partial charge in [0, 0.05) is 10.7 Å². The summed E-state index contributed by atoms with van der Waals surface area (Å²) in [5.74, 6) is 0.331. The number of halogens is 2. The lowest BCUT2D eigenvalue weighted by Crippen LogP contribution is -2.16. The van der Waals surface area contributed by atoms with E-state index in [2.05, 4.69) is 10.0 Å². The number of carbonyl (C=O) groups is 1. The Morgan fingerprint density at radius 3 is 2.23 bits per heavy atom. The summed E-state index contributed by atoms with van der Waals surface area (Å²) in [6, 6.07) is 15.0. The molecule has 2 N–H and O–H groups in total. The first kappa shape index (κ1) is 22.7. The fourth-order valence-corrected chi connectivity index (χ4v) is 4.27. The van der Waals surface area contributed by atoms with Gasteiger partial charge in [-0.25, -0.2) is 8.42 Å². The maximum absolute atomic E-state index is 12.8. The van der Waals surface area contributed by atoms with Gasteiger partial charge in [0.1, 0.15) is 11.5 Å². The highest BCUT2D eigenvalue weighted by Gasteiger charge is 2.19. The van der Waals surface area contributed by atoms with E-state index in [1.54, 1.807) is 24.3 Å². The number of benzene rings is 3. The second-order valence-electron chi connectivity index (χ2n) is 6.27. The van der Waals surface area contributed by atoms with E-state index in [-0.39, 0.29) is 26.9 Å². The Morgan fingerprint density at radius 1 is 0.903 bits per heavy atom. The normalized spacial score (nSPS) is 11.0. The fraction of sp³-hybridized carbons (Fsp3) is 0.0952. The van der Waals surface area contributed by atoms with Crippen molar-refractivity contribution in [2.45, 2.75) is 4.90 Å². The summed E-state index contributed by atoms with van der Waals surface area (Å²) >= 11 is 12.0. The second-order valence-corrected chi connectivity index (χ2v) is 8.80. The molecule has 31 heavy (non-hydrogen) atoms. The second kappa shape index (κ2) is 9.47. The van der Waals surface area contributed by atoms with E-state index in [4.69, 9.17) is 32.7 Å². The number of anilines is 2. The molecule has 0 saturated heterocycles. The van der Waals surface area contributed by atoms with Gasteiger partial charge in [0.05, 0.1) is 35.4 Å². The van der Waals surface area contributed by atoms with Gasteiger partial charge in [0.15, 0.2) is 0 Å². The van der Waals surface area contributed by atoms with Crippen LogP contribution in [0.1, 0.15) is 10.4 Å². The quantitative estimate of drug-likeness (QED) is 0.492. The Balaban J connectivity index is 1.89. The van der Waals surface area contributed by atoms with Crippen molar-refractivity contribution in [1.82, 2.24) is 0 Å². The Kier molecular flexibility index (Phi) is 6.94. The van der Waals surface area contributed by atoms with Crippen molar-refractivity contribution >= 4 is 50.5 Å². The third kappa shape index (κ3) is 5.41. The van der Waals surface area contributed by atoms with E-state index in [1.165, 1.54) is 50.6 Å². The number of nitrogens with one attached hydrogen (secondary N) is 2. The van der Waals surface area contributed by atoms with E-state index >= 15 is 0 Å². The van der Waals surface area contributed by atoms with Crippen molar-refractivity contribution in [3.8, 4) is 11.5 Å². The van der Waals surface area contributed by atoms with Crippen LogP contribution in [-0.2, 0) is 10.0 Å². The van der Waals surface area contributed by atoms with E-state index in [0.29, 0.717) is 16.5 Å². The van der Waals surface area contributed by atoms with Crippen LogP contribution in [0.25, 0.3) is 0 Å². The van der Waals surface area contributed by atoms with Crippen molar-refractivity contribution < 1.29 is 22.7 Å². The van der Waals surface area contributed by atoms with Gasteiger partial charge in [0.2, 0.25) is 0 Å². The summed E-state index contributed by atoms with van der Waals surface area (Å²) in [5, 5.41) is 3.18. The molecule has 3 aromatic carbocycles. The van der Waals surface area contributed by atoms with Crippen LogP contribution in [0.15, 0.2) is 65.6 Å². The fourth-order valence-electron chi connectivity index (χ4n) is 2.69. The number of methoxy groups -OCH3 is 2. The molecule has 0 spiro atoms. The predicted molar refractivity (Wildman–Crippen MR) is 121 cm³/mol. The van der Waals surface area contributed by atoms with Gasteiger partial charge >= 0.3 is 0 Å². The maximum Gasteiger partial charge on any atom is 0.261 e. The van der Waals surface area contributed by atoms with Crippen LogP contribution < -0.4 is 19.5 Å². The summed E-state index contributed by atoms with van der Waals surface area (Å²) in [7, 11) is -1.01. The molecule has 0 heterocycles. The zero-order valence-electron chi connectivity index (χ0n) is 16.5. The Hall–Kier alpha value is -2.94. The number of sulfonamides is 1. The lowest BCUT2D eigenvalue weighted by molar-refractivity contribution is 0.102. The molecule has 0 unspecified atom stereocenters. The molecule has 3 rings (SSSR count). The highest BCUT2D eigenvalue weighted by atomic mass is 35.5. The van der Waals surface area contributed by atoms with Gasteiger partial charge in [-0.1, -0.05) is 23.2 Å².